The van der Waals surface area contributed by atoms with Gasteiger partial charge < -0.3 is 10.8 Å². The van der Waals surface area contributed by atoms with E-state index in [9.17, 15) is 5.11 Å². The molecule has 1 aromatic carbocycles. The molecule has 12 heavy (non-hydrogen) atoms. The predicted molar refractivity (Wildman–Crippen MR) is 47.7 cm³/mol. The molecule has 1 aliphatic carbocycles. The molecule has 0 spiro atoms. The van der Waals surface area contributed by atoms with E-state index in [1.807, 2.05) is 12.1 Å². The van der Waals surface area contributed by atoms with Crippen molar-refractivity contribution in [3.05, 3.63) is 35.4 Å². The summed E-state index contributed by atoms with van der Waals surface area (Å²) < 4.78 is 0. The van der Waals surface area contributed by atoms with Crippen LogP contribution < -0.4 is 5.73 Å². The van der Waals surface area contributed by atoms with Gasteiger partial charge in [-0.15, -0.1) is 0 Å². The Kier molecular flexibility index (Phi) is 1.87. The smallest absolute Gasteiger partial charge is 0.0616 e. The van der Waals surface area contributed by atoms with Crippen LogP contribution in [0.1, 0.15) is 23.5 Å². The van der Waals surface area contributed by atoms with Gasteiger partial charge in [-0.3, -0.25) is 0 Å². The molecule has 0 radical (unpaired) electrons. The highest BCUT2D eigenvalue weighted by molar-refractivity contribution is 5.30. The van der Waals surface area contributed by atoms with Crippen LogP contribution in [0.5, 0.6) is 0 Å². The quantitative estimate of drug-likeness (QED) is 0.683. The van der Waals surface area contributed by atoms with E-state index in [1.165, 1.54) is 5.56 Å². The van der Waals surface area contributed by atoms with Gasteiger partial charge in [-0.25, -0.2) is 0 Å². The van der Waals surface area contributed by atoms with E-state index in [0.717, 1.165) is 12.0 Å². The summed E-state index contributed by atoms with van der Waals surface area (Å²) in [4.78, 5) is 0. The lowest BCUT2D eigenvalue weighted by Gasteiger charge is -2.00. The largest absolute Gasteiger partial charge is 0.392 e. The fourth-order valence-electron chi connectivity index (χ4n) is 1.49. The zero-order valence-corrected chi connectivity index (χ0v) is 6.90. The lowest BCUT2D eigenvalue weighted by Crippen LogP contribution is -1.97. The van der Waals surface area contributed by atoms with Crippen LogP contribution in [-0.2, 0) is 6.54 Å². The van der Waals surface area contributed by atoms with Gasteiger partial charge >= 0.3 is 0 Å². The highest BCUT2D eigenvalue weighted by atomic mass is 16.3. The van der Waals surface area contributed by atoms with Crippen molar-refractivity contribution in [2.45, 2.75) is 25.0 Å². The Balaban J connectivity index is 2.21. The van der Waals surface area contributed by atoms with Gasteiger partial charge in [0.2, 0.25) is 0 Å². The van der Waals surface area contributed by atoms with Gasteiger partial charge in [0, 0.05) is 12.5 Å². The van der Waals surface area contributed by atoms with Gasteiger partial charge in [-0.05, 0) is 17.5 Å². The monoisotopic (exact) mass is 163 g/mol. The summed E-state index contributed by atoms with van der Waals surface area (Å²) in [6, 6.07) is 8.15. The number of hydrogen-bond acceptors (Lipinski definition) is 2. The number of aliphatic hydroxyl groups is 1. The molecule has 0 aliphatic heterocycles. The minimum absolute atomic E-state index is 0.113. The third-order valence-corrected chi connectivity index (χ3v) is 2.37. The molecule has 0 bridgehead atoms. The average molecular weight is 163 g/mol. The highest BCUT2D eigenvalue weighted by Crippen LogP contribution is 2.40. The third-order valence-electron chi connectivity index (χ3n) is 2.37. The van der Waals surface area contributed by atoms with Crippen LogP contribution in [0.3, 0.4) is 0 Å². The second-order valence-corrected chi connectivity index (χ2v) is 3.36. The SMILES string of the molecule is NCc1cccc(C2CC2O)c1. The number of hydrogen-bond donors (Lipinski definition) is 2. The summed E-state index contributed by atoms with van der Waals surface area (Å²) >= 11 is 0. The van der Waals surface area contributed by atoms with E-state index >= 15 is 0 Å². The minimum atomic E-state index is -0.113. The molecule has 1 fully saturated rings. The lowest BCUT2D eigenvalue weighted by atomic mass is 10.1. The van der Waals surface area contributed by atoms with Crippen LogP contribution in [0.15, 0.2) is 24.3 Å². The fraction of sp³-hybridized carbons (Fsp3) is 0.400. The van der Waals surface area contributed by atoms with Crippen molar-refractivity contribution in [3.63, 3.8) is 0 Å². The van der Waals surface area contributed by atoms with Crippen molar-refractivity contribution >= 4 is 0 Å². The summed E-state index contributed by atoms with van der Waals surface area (Å²) in [5.41, 5.74) is 7.88. The molecule has 1 aliphatic rings. The first kappa shape index (κ1) is 7.77. The van der Waals surface area contributed by atoms with E-state index in [2.05, 4.69) is 12.1 Å². The van der Waals surface area contributed by atoms with Crippen molar-refractivity contribution in [1.82, 2.24) is 0 Å². The van der Waals surface area contributed by atoms with E-state index in [4.69, 9.17) is 5.73 Å². The number of benzene rings is 1. The summed E-state index contributed by atoms with van der Waals surface area (Å²) in [7, 11) is 0. The Bertz CT molecular complexity index is 285. The summed E-state index contributed by atoms with van der Waals surface area (Å²) in [5, 5.41) is 9.21. The second-order valence-electron chi connectivity index (χ2n) is 3.36. The first-order valence-corrected chi connectivity index (χ1v) is 4.28. The first-order chi connectivity index (χ1) is 5.81. The molecule has 2 heteroatoms. The van der Waals surface area contributed by atoms with Crippen LogP contribution in [0, 0.1) is 0 Å². The van der Waals surface area contributed by atoms with Crippen LogP contribution in [-0.4, -0.2) is 11.2 Å². The predicted octanol–water partition coefficient (Wildman–Crippen LogP) is 0.994. The zero-order valence-electron chi connectivity index (χ0n) is 6.90. The standard InChI is InChI=1S/C10H13NO/c11-6-7-2-1-3-8(4-7)9-5-10(9)12/h1-4,9-10,12H,5-6,11H2. The summed E-state index contributed by atoms with van der Waals surface area (Å²) in [5.74, 6) is 0.372. The normalized spacial score (nSPS) is 27.2. The maximum Gasteiger partial charge on any atom is 0.0616 e. The molecule has 3 N–H and O–H groups in total. The molecule has 2 unspecified atom stereocenters. The zero-order chi connectivity index (χ0) is 8.55. The van der Waals surface area contributed by atoms with Crippen LogP contribution >= 0.6 is 0 Å². The van der Waals surface area contributed by atoms with Crippen molar-refractivity contribution < 1.29 is 5.11 Å². The molecular weight excluding hydrogens is 150 g/mol. The van der Waals surface area contributed by atoms with Crippen molar-refractivity contribution in [3.8, 4) is 0 Å². The van der Waals surface area contributed by atoms with E-state index in [-0.39, 0.29) is 6.10 Å². The summed E-state index contributed by atoms with van der Waals surface area (Å²) in [6.07, 6.45) is 0.798. The molecule has 1 aromatic rings. The molecule has 2 rings (SSSR count). The topological polar surface area (TPSA) is 46.2 Å². The first-order valence-electron chi connectivity index (χ1n) is 4.28. The number of nitrogens with two attached hydrogens (primary N) is 1. The maximum absolute atomic E-state index is 9.21. The Labute approximate surface area is 72.0 Å². The molecular formula is C10H13NO. The van der Waals surface area contributed by atoms with E-state index < -0.39 is 0 Å². The molecule has 0 heterocycles. The van der Waals surface area contributed by atoms with Crippen molar-refractivity contribution in [2.24, 2.45) is 5.73 Å². The van der Waals surface area contributed by atoms with Crippen LogP contribution in [0.25, 0.3) is 0 Å². The van der Waals surface area contributed by atoms with Gasteiger partial charge in [0.1, 0.15) is 0 Å². The Morgan fingerprint density at radius 2 is 2.25 bits per heavy atom. The van der Waals surface area contributed by atoms with Crippen LogP contribution in [0.4, 0.5) is 0 Å². The Hall–Kier alpha value is -0.860. The van der Waals surface area contributed by atoms with Gasteiger partial charge in [0.05, 0.1) is 6.10 Å². The molecule has 2 atom stereocenters. The lowest BCUT2D eigenvalue weighted by molar-refractivity contribution is 0.272. The van der Waals surface area contributed by atoms with Gasteiger partial charge in [0.15, 0.2) is 0 Å². The fourth-order valence-corrected chi connectivity index (χ4v) is 1.49. The van der Waals surface area contributed by atoms with Crippen molar-refractivity contribution in [1.29, 1.82) is 0 Å². The van der Waals surface area contributed by atoms with E-state index in [0.29, 0.717) is 12.5 Å². The molecule has 2 nitrogen and oxygen atoms in total. The van der Waals surface area contributed by atoms with E-state index in [1.54, 1.807) is 0 Å². The molecule has 0 amide bonds. The maximum atomic E-state index is 9.21. The van der Waals surface area contributed by atoms with Crippen molar-refractivity contribution in [2.75, 3.05) is 0 Å². The third kappa shape index (κ3) is 1.36. The number of aliphatic hydroxyl groups excluding tert-OH is 1. The van der Waals surface area contributed by atoms with Crippen LogP contribution in [0.2, 0.25) is 0 Å². The van der Waals surface area contributed by atoms with Gasteiger partial charge in [0.25, 0.3) is 0 Å². The second kappa shape index (κ2) is 2.88. The molecule has 0 aromatic heterocycles. The number of rotatable bonds is 2. The van der Waals surface area contributed by atoms with Gasteiger partial charge in [-0.1, -0.05) is 24.3 Å². The molecule has 1 saturated carbocycles. The Morgan fingerprint density at radius 1 is 1.50 bits per heavy atom. The van der Waals surface area contributed by atoms with Gasteiger partial charge in [-0.2, -0.15) is 0 Å². The minimum Gasteiger partial charge on any atom is -0.392 e. The summed E-state index contributed by atoms with van der Waals surface area (Å²) in [6.45, 7) is 0.580. The average Bonchev–Trinajstić information content (AvgIpc) is 2.83. The highest BCUT2D eigenvalue weighted by Gasteiger charge is 2.36. The molecule has 0 saturated heterocycles. The molecule has 64 valence electrons. The Morgan fingerprint density at radius 3 is 2.83 bits per heavy atom.